The van der Waals surface area contributed by atoms with Gasteiger partial charge in [0.2, 0.25) is 5.13 Å². The Morgan fingerprint density at radius 2 is 1.93 bits per heavy atom. The summed E-state index contributed by atoms with van der Waals surface area (Å²) in [5, 5.41) is 9.34. The standard InChI is InChI=1S/C10H14BrN3S/c11-9-12-13-10(15-9)14-5-7-2-1-3-8(4-7)6-14/h7-8H,1-6H2. The van der Waals surface area contributed by atoms with Crippen LogP contribution < -0.4 is 4.90 Å². The summed E-state index contributed by atoms with van der Waals surface area (Å²) in [7, 11) is 0. The molecule has 1 saturated carbocycles. The zero-order valence-corrected chi connectivity index (χ0v) is 10.9. The van der Waals surface area contributed by atoms with Crippen molar-refractivity contribution in [3.63, 3.8) is 0 Å². The van der Waals surface area contributed by atoms with Crippen molar-refractivity contribution < 1.29 is 0 Å². The van der Waals surface area contributed by atoms with Gasteiger partial charge < -0.3 is 4.90 Å². The van der Waals surface area contributed by atoms with Crippen LogP contribution in [0.2, 0.25) is 0 Å². The number of fused-ring (bicyclic) bond motifs is 2. The molecule has 1 aromatic heterocycles. The fourth-order valence-electron chi connectivity index (χ4n) is 2.91. The van der Waals surface area contributed by atoms with E-state index < -0.39 is 0 Å². The van der Waals surface area contributed by atoms with Crippen LogP contribution in [0.5, 0.6) is 0 Å². The van der Waals surface area contributed by atoms with E-state index in [1.165, 1.54) is 38.8 Å². The summed E-state index contributed by atoms with van der Waals surface area (Å²) in [5.74, 6) is 1.81. The van der Waals surface area contributed by atoms with Gasteiger partial charge in [0, 0.05) is 13.1 Å². The zero-order chi connectivity index (χ0) is 10.3. The highest BCUT2D eigenvalue weighted by atomic mass is 79.9. The molecule has 2 unspecified atom stereocenters. The molecule has 2 heterocycles. The molecule has 2 aliphatic rings. The van der Waals surface area contributed by atoms with Crippen molar-refractivity contribution in [1.82, 2.24) is 10.2 Å². The lowest BCUT2D eigenvalue weighted by Crippen LogP contribution is -2.42. The zero-order valence-electron chi connectivity index (χ0n) is 8.53. The Balaban J connectivity index is 1.77. The normalized spacial score (nSPS) is 30.6. The Morgan fingerprint density at radius 1 is 1.20 bits per heavy atom. The molecule has 82 valence electrons. The molecule has 0 radical (unpaired) electrons. The molecule has 15 heavy (non-hydrogen) atoms. The summed E-state index contributed by atoms with van der Waals surface area (Å²) in [6.45, 7) is 2.39. The molecular formula is C10H14BrN3S. The van der Waals surface area contributed by atoms with Gasteiger partial charge in [-0.3, -0.25) is 0 Å². The summed E-state index contributed by atoms with van der Waals surface area (Å²) in [6, 6.07) is 0. The predicted octanol–water partition coefficient (Wildman–Crippen LogP) is 2.93. The number of hydrogen-bond acceptors (Lipinski definition) is 4. The van der Waals surface area contributed by atoms with Crippen LogP contribution in [0, 0.1) is 11.8 Å². The molecule has 1 saturated heterocycles. The van der Waals surface area contributed by atoms with Gasteiger partial charge in [-0.1, -0.05) is 17.8 Å². The Bertz CT molecular complexity index is 342. The lowest BCUT2D eigenvalue weighted by Gasteiger charge is -2.41. The van der Waals surface area contributed by atoms with E-state index >= 15 is 0 Å². The van der Waals surface area contributed by atoms with E-state index in [0.29, 0.717) is 0 Å². The lowest BCUT2D eigenvalue weighted by molar-refractivity contribution is 0.231. The van der Waals surface area contributed by atoms with Crippen LogP contribution in [0.25, 0.3) is 0 Å². The molecule has 1 aliphatic heterocycles. The highest BCUT2D eigenvalue weighted by Crippen LogP contribution is 2.37. The molecule has 2 fully saturated rings. The van der Waals surface area contributed by atoms with Crippen LogP contribution in [-0.4, -0.2) is 23.3 Å². The lowest BCUT2D eigenvalue weighted by atomic mass is 9.78. The molecule has 0 aromatic carbocycles. The maximum absolute atomic E-state index is 4.21. The number of halogens is 1. The fraction of sp³-hybridized carbons (Fsp3) is 0.800. The summed E-state index contributed by atoms with van der Waals surface area (Å²) in [4.78, 5) is 2.43. The molecule has 3 rings (SSSR count). The second-order valence-corrected chi connectivity index (χ2v) is 6.87. The van der Waals surface area contributed by atoms with Gasteiger partial charge in [0.15, 0.2) is 3.92 Å². The number of hydrogen-bond donors (Lipinski definition) is 0. The molecule has 2 bridgehead atoms. The first-order valence-corrected chi connectivity index (χ1v) is 7.16. The predicted molar refractivity (Wildman–Crippen MR) is 65.3 cm³/mol. The second kappa shape index (κ2) is 4.01. The van der Waals surface area contributed by atoms with E-state index in [1.807, 2.05) is 0 Å². The Hall–Kier alpha value is -0.160. The largest absolute Gasteiger partial charge is 0.346 e. The summed E-state index contributed by atoms with van der Waals surface area (Å²) in [5.41, 5.74) is 0. The van der Waals surface area contributed by atoms with Crippen molar-refractivity contribution in [2.45, 2.75) is 25.7 Å². The Labute approximate surface area is 102 Å². The smallest absolute Gasteiger partial charge is 0.209 e. The molecule has 1 aliphatic carbocycles. The Kier molecular flexibility index (Phi) is 2.68. The SMILES string of the molecule is Brc1nnc(N2CC3CCCC(C3)C2)s1. The van der Waals surface area contributed by atoms with Crippen LogP contribution in [0.4, 0.5) is 5.13 Å². The molecule has 5 heteroatoms. The monoisotopic (exact) mass is 287 g/mol. The second-order valence-electron chi connectivity index (χ2n) is 4.64. The van der Waals surface area contributed by atoms with Crippen molar-refractivity contribution in [3.8, 4) is 0 Å². The summed E-state index contributed by atoms with van der Waals surface area (Å²) >= 11 is 5.03. The first kappa shape index (κ1) is 10.0. The van der Waals surface area contributed by atoms with Gasteiger partial charge in [-0.05, 0) is 47.0 Å². The minimum atomic E-state index is 0.897. The first-order valence-electron chi connectivity index (χ1n) is 5.55. The van der Waals surface area contributed by atoms with Gasteiger partial charge in [0.1, 0.15) is 0 Å². The first-order chi connectivity index (χ1) is 7.31. The molecule has 2 atom stereocenters. The van der Waals surface area contributed by atoms with Crippen LogP contribution in [-0.2, 0) is 0 Å². The highest BCUT2D eigenvalue weighted by molar-refractivity contribution is 9.11. The van der Waals surface area contributed by atoms with E-state index in [2.05, 4.69) is 31.0 Å². The molecule has 3 nitrogen and oxygen atoms in total. The number of piperidine rings is 1. The topological polar surface area (TPSA) is 29.0 Å². The highest BCUT2D eigenvalue weighted by Gasteiger charge is 2.31. The van der Waals surface area contributed by atoms with Crippen molar-refractivity contribution >= 4 is 32.4 Å². The third kappa shape index (κ3) is 2.04. The summed E-state index contributed by atoms with van der Waals surface area (Å²) in [6.07, 6.45) is 5.69. The molecule has 0 N–H and O–H groups in total. The van der Waals surface area contributed by atoms with E-state index in [-0.39, 0.29) is 0 Å². The van der Waals surface area contributed by atoms with E-state index in [9.17, 15) is 0 Å². The molecular weight excluding hydrogens is 274 g/mol. The van der Waals surface area contributed by atoms with Crippen LogP contribution in [0.15, 0.2) is 3.92 Å². The van der Waals surface area contributed by atoms with Crippen LogP contribution >= 0.6 is 27.3 Å². The van der Waals surface area contributed by atoms with Crippen molar-refractivity contribution in [2.24, 2.45) is 11.8 Å². The van der Waals surface area contributed by atoms with Gasteiger partial charge in [-0.2, -0.15) is 0 Å². The van der Waals surface area contributed by atoms with Crippen LogP contribution in [0.3, 0.4) is 0 Å². The number of rotatable bonds is 1. The Morgan fingerprint density at radius 3 is 2.53 bits per heavy atom. The average molecular weight is 288 g/mol. The number of aromatic nitrogens is 2. The number of anilines is 1. The van der Waals surface area contributed by atoms with Crippen LogP contribution in [0.1, 0.15) is 25.7 Å². The van der Waals surface area contributed by atoms with Gasteiger partial charge in [0.05, 0.1) is 0 Å². The minimum absolute atomic E-state index is 0.897. The number of nitrogens with zero attached hydrogens (tertiary/aromatic N) is 3. The molecule has 0 amide bonds. The van der Waals surface area contributed by atoms with E-state index in [1.54, 1.807) is 11.3 Å². The van der Waals surface area contributed by atoms with Gasteiger partial charge in [-0.25, -0.2) is 0 Å². The van der Waals surface area contributed by atoms with Gasteiger partial charge >= 0.3 is 0 Å². The third-order valence-electron chi connectivity index (χ3n) is 3.51. The summed E-state index contributed by atoms with van der Waals surface area (Å²) < 4.78 is 0.897. The maximum Gasteiger partial charge on any atom is 0.209 e. The average Bonchev–Trinajstić information content (AvgIpc) is 2.64. The van der Waals surface area contributed by atoms with Crippen molar-refractivity contribution in [1.29, 1.82) is 0 Å². The van der Waals surface area contributed by atoms with Crippen molar-refractivity contribution in [2.75, 3.05) is 18.0 Å². The quantitative estimate of drug-likeness (QED) is 0.795. The fourth-order valence-corrected chi connectivity index (χ4v) is 4.02. The van der Waals surface area contributed by atoms with E-state index in [0.717, 1.165) is 20.9 Å². The van der Waals surface area contributed by atoms with Crippen molar-refractivity contribution in [3.05, 3.63) is 3.92 Å². The maximum atomic E-state index is 4.21. The molecule has 1 aromatic rings. The minimum Gasteiger partial charge on any atom is -0.346 e. The molecule has 0 spiro atoms. The van der Waals surface area contributed by atoms with Gasteiger partial charge in [0.25, 0.3) is 0 Å². The van der Waals surface area contributed by atoms with Gasteiger partial charge in [-0.15, -0.1) is 10.2 Å². The van der Waals surface area contributed by atoms with E-state index in [4.69, 9.17) is 0 Å². The third-order valence-corrected chi connectivity index (χ3v) is 4.93.